The molecular weight excluding hydrogens is 300 g/mol. The molecule has 1 aromatic carbocycles. The van der Waals surface area contributed by atoms with Crippen molar-refractivity contribution < 1.29 is 14.7 Å². The van der Waals surface area contributed by atoms with E-state index in [1.807, 2.05) is 12.3 Å². The van der Waals surface area contributed by atoms with Gasteiger partial charge in [0.15, 0.2) is 0 Å². The summed E-state index contributed by atoms with van der Waals surface area (Å²) in [7, 11) is 0. The number of carboxylic acids is 1. The van der Waals surface area contributed by atoms with Crippen molar-refractivity contribution in [3.05, 3.63) is 57.6 Å². The van der Waals surface area contributed by atoms with Crippen molar-refractivity contribution in [2.24, 2.45) is 0 Å². The van der Waals surface area contributed by atoms with E-state index in [-0.39, 0.29) is 11.5 Å². The highest BCUT2D eigenvalue weighted by Gasteiger charge is 2.02. The van der Waals surface area contributed by atoms with Crippen LogP contribution in [-0.2, 0) is 11.2 Å². The molecule has 22 heavy (non-hydrogen) atoms. The maximum Gasteiger partial charge on any atom is 0.335 e. The van der Waals surface area contributed by atoms with Gasteiger partial charge in [-0.15, -0.1) is 11.3 Å². The first-order valence-corrected chi connectivity index (χ1v) is 7.63. The second kappa shape index (κ2) is 7.51. The van der Waals surface area contributed by atoms with Crippen LogP contribution in [0.15, 0.2) is 35.7 Å². The summed E-state index contributed by atoms with van der Waals surface area (Å²) in [6, 6.07) is 6.63. The third-order valence-corrected chi connectivity index (χ3v) is 3.75. The summed E-state index contributed by atoms with van der Waals surface area (Å²) in [5, 5.41) is 14.4. The molecule has 0 atom stereocenters. The molecule has 2 N–H and O–H groups in total. The van der Waals surface area contributed by atoms with Gasteiger partial charge in [0.05, 0.1) is 16.3 Å². The quantitative estimate of drug-likeness (QED) is 0.803. The minimum atomic E-state index is -0.942. The molecule has 5 nitrogen and oxygen atoms in total. The Labute approximate surface area is 132 Å². The van der Waals surface area contributed by atoms with Crippen LogP contribution in [0.5, 0.6) is 0 Å². The van der Waals surface area contributed by atoms with E-state index in [4.69, 9.17) is 5.11 Å². The number of carboxylic acid groups (broad SMARTS) is 1. The van der Waals surface area contributed by atoms with Gasteiger partial charge in [0.25, 0.3) is 0 Å². The highest BCUT2D eigenvalue weighted by molar-refractivity contribution is 7.09. The lowest BCUT2D eigenvalue weighted by atomic mass is 10.1. The summed E-state index contributed by atoms with van der Waals surface area (Å²) < 4.78 is 0. The van der Waals surface area contributed by atoms with E-state index in [1.54, 1.807) is 30.3 Å². The zero-order valence-electron chi connectivity index (χ0n) is 12.1. The van der Waals surface area contributed by atoms with E-state index in [1.165, 1.54) is 17.4 Å². The summed E-state index contributed by atoms with van der Waals surface area (Å²) in [5.41, 5.74) is 2.01. The predicted molar refractivity (Wildman–Crippen MR) is 86.0 cm³/mol. The number of aromatic carboxylic acids is 1. The standard InChI is InChI=1S/C16H16N2O3S/c1-11-18-14(10-22-11)6-7-15(19)17-9-8-12-2-4-13(5-3-12)16(20)21/h2-7,10H,8-9H2,1H3,(H,17,19)(H,20,21)/b7-6-. The Morgan fingerprint density at radius 2 is 2.05 bits per heavy atom. The molecule has 0 aliphatic rings. The lowest BCUT2D eigenvalue weighted by Crippen LogP contribution is -2.23. The topological polar surface area (TPSA) is 79.3 Å². The van der Waals surface area contributed by atoms with Crippen molar-refractivity contribution in [3.8, 4) is 0 Å². The molecule has 114 valence electrons. The number of benzene rings is 1. The maximum atomic E-state index is 11.7. The van der Waals surface area contributed by atoms with Crippen molar-refractivity contribution in [2.75, 3.05) is 6.54 Å². The minimum Gasteiger partial charge on any atom is -0.478 e. The number of thiazole rings is 1. The normalized spacial score (nSPS) is 10.8. The fourth-order valence-electron chi connectivity index (χ4n) is 1.82. The molecule has 1 heterocycles. The fourth-order valence-corrected chi connectivity index (χ4v) is 2.40. The number of nitrogens with zero attached hydrogens (tertiary/aromatic N) is 1. The van der Waals surface area contributed by atoms with Crippen molar-refractivity contribution >= 4 is 29.3 Å². The number of aromatic nitrogens is 1. The summed E-state index contributed by atoms with van der Waals surface area (Å²) in [6.07, 6.45) is 3.79. The smallest absolute Gasteiger partial charge is 0.335 e. The van der Waals surface area contributed by atoms with E-state index < -0.39 is 5.97 Å². The second-order valence-corrected chi connectivity index (χ2v) is 5.73. The molecule has 0 bridgehead atoms. The van der Waals surface area contributed by atoms with Crippen LogP contribution in [0.3, 0.4) is 0 Å². The Morgan fingerprint density at radius 1 is 1.32 bits per heavy atom. The van der Waals surface area contributed by atoms with Crippen LogP contribution in [0.2, 0.25) is 0 Å². The van der Waals surface area contributed by atoms with Gasteiger partial charge in [0.1, 0.15) is 0 Å². The SMILES string of the molecule is Cc1nc(/C=C\C(=O)NCCc2ccc(C(=O)O)cc2)cs1. The molecule has 0 fully saturated rings. The number of nitrogens with one attached hydrogen (secondary N) is 1. The monoisotopic (exact) mass is 316 g/mol. The first-order chi connectivity index (χ1) is 10.5. The van der Waals surface area contributed by atoms with E-state index in [9.17, 15) is 9.59 Å². The molecule has 0 spiro atoms. The summed E-state index contributed by atoms with van der Waals surface area (Å²) in [5.74, 6) is -1.12. The maximum absolute atomic E-state index is 11.7. The summed E-state index contributed by atoms with van der Waals surface area (Å²) >= 11 is 1.54. The number of rotatable bonds is 6. The number of carbonyl (C=O) groups is 2. The van der Waals surface area contributed by atoms with Crippen molar-refractivity contribution in [1.82, 2.24) is 10.3 Å². The van der Waals surface area contributed by atoms with Crippen LogP contribution in [0.25, 0.3) is 6.08 Å². The Hall–Kier alpha value is -2.47. The molecule has 1 aromatic heterocycles. The first-order valence-electron chi connectivity index (χ1n) is 6.75. The van der Waals surface area contributed by atoms with Crippen LogP contribution in [0.4, 0.5) is 0 Å². The number of aryl methyl sites for hydroxylation is 1. The van der Waals surface area contributed by atoms with E-state index in [0.29, 0.717) is 13.0 Å². The molecule has 0 saturated carbocycles. The number of amides is 1. The van der Waals surface area contributed by atoms with Crippen molar-refractivity contribution in [3.63, 3.8) is 0 Å². The van der Waals surface area contributed by atoms with Gasteiger partial charge in [0.2, 0.25) is 5.91 Å². The van der Waals surface area contributed by atoms with Crippen LogP contribution in [-0.4, -0.2) is 28.5 Å². The zero-order valence-corrected chi connectivity index (χ0v) is 12.9. The van der Waals surface area contributed by atoms with Gasteiger partial charge < -0.3 is 10.4 Å². The lowest BCUT2D eigenvalue weighted by molar-refractivity contribution is -0.116. The molecule has 1 amide bonds. The van der Waals surface area contributed by atoms with Gasteiger partial charge in [-0.1, -0.05) is 12.1 Å². The van der Waals surface area contributed by atoms with Gasteiger partial charge in [-0.3, -0.25) is 4.79 Å². The third kappa shape index (κ3) is 4.82. The Bertz CT molecular complexity index is 690. The average Bonchev–Trinajstić information content (AvgIpc) is 2.91. The first kappa shape index (κ1) is 15.9. The predicted octanol–water partition coefficient (Wildman–Crippen LogP) is 2.52. The van der Waals surface area contributed by atoms with Crippen LogP contribution >= 0.6 is 11.3 Å². The second-order valence-electron chi connectivity index (χ2n) is 4.67. The number of carbonyl (C=O) groups excluding carboxylic acids is 1. The minimum absolute atomic E-state index is 0.173. The Morgan fingerprint density at radius 3 is 2.64 bits per heavy atom. The summed E-state index contributed by atoms with van der Waals surface area (Å²) in [4.78, 5) is 26.6. The van der Waals surface area contributed by atoms with Gasteiger partial charge in [-0.25, -0.2) is 9.78 Å². The Kier molecular flexibility index (Phi) is 5.43. The zero-order chi connectivity index (χ0) is 15.9. The molecule has 2 rings (SSSR count). The van der Waals surface area contributed by atoms with Crippen LogP contribution < -0.4 is 5.32 Å². The number of hydrogen-bond donors (Lipinski definition) is 2. The van der Waals surface area contributed by atoms with E-state index in [2.05, 4.69) is 10.3 Å². The number of hydrogen-bond acceptors (Lipinski definition) is 4. The van der Waals surface area contributed by atoms with Crippen molar-refractivity contribution in [2.45, 2.75) is 13.3 Å². The molecule has 0 saturated heterocycles. The lowest BCUT2D eigenvalue weighted by Gasteiger charge is -2.03. The fraction of sp³-hybridized carbons (Fsp3) is 0.188. The van der Waals surface area contributed by atoms with Crippen LogP contribution in [0.1, 0.15) is 26.6 Å². The molecule has 2 aromatic rings. The molecule has 0 radical (unpaired) electrons. The molecular formula is C16H16N2O3S. The Balaban J connectivity index is 1.77. The van der Waals surface area contributed by atoms with E-state index >= 15 is 0 Å². The third-order valence-electron chi connectivity index (χ3n) is 2.96. The molecule has 6 heteroatoms. The average molecular weight is 316 g/mol. The van der Waals surface area contributed by atoms with E-state index in [0.717, 1.165) is 16.3 Å². The largest absolute Gasteiger partial charge is 0.478 e. The highest BCUT2D eigenvalue weighted by Crippen LogP contribution is 2.09. The summed E-state index contributed by atoms with van der Waals surface area (Å²) in [6.45, 7) is 2.41. The highest BCUT2D eigenvalue weighted by atomic mass is 32.1. The van der Waals surface area contributed by atoms with Gasteiger partial charge in [-0.05, 0) is 37.1 Å². The molecule has 0 aliphatic carbocycles. The van der Waals surface area contributed by atoms with Crippen molar-refractivity contribution in [1.29, 1.82) is 0 Å². The molecule has 0 aliphatic heterocycles. The van der Waals surface area contributed by atoms with Gasteiger partial charge in [0, 0.05) is 18.0 Å². The van der Waals surface area contributed by atoms with Gasteiger partial charge >= 0.3 is 5.97 Å². The van der Waals surface area contributed by atoms with Crippen LogP contribution in [0, 0.1) is 6.92 Å². The molecule has 0 unspecified atom stereocenters. The van der Waals surface area contributed by atoms with Gasteiger partial charge in [-0.2, -0.15) is 0 Å².